The molecule has 0 radical (unpaired) electrons. The van der Waals surface area contributed by atoms with Crippen molar-refractivity contribution in [3.63, 3.8) is 0 Å². The highest BCUT2D eigenvalue weighted by Gasteiger charge is 2.27. The molecule has 1 aromatic carbocycles. The summed E-state index contributed by atoms with van der Waals surface area (Å²) in [5.74, 6) is 0.239. The third-order valence-electron chi connectivity index (χ3n) is 3.58. The molecule has 1 aliphatic rings. The molecule has 0 fully saturated rings. The molecule has 0 aromatic heterocycles. The van der Waals surface area contributed by atoms with Gasteiger partial charge in [0.2, 0.25) is 0 Å². The van der Waals surface area contributed by atoms with Gasteiger partial charge in [-0.1, -0.05) is 11.6 Å². The first-order valence-corrected chi connectivity index (χ1v) is 7.63. The number of esters is 1. The number of benzene rings is 1. The van der Waals surface area contributed by atoms with Gasteiger partial charge in [-0.05, 0) is 38.3 Å². The van der Waals surface area contributed by atoms with Crippen LogP contribution in [0.2, 0.25) is 5.02 Å². The van der Waals surface area contributed by atoms with Gasteiger partial charge in [0.05, 0.1) is 36.0 Å². The van der Waals surface area contributed by atoms with E-state index in [0.29, 0.717) is 34.9 Å². The summed E-state index contributed by atoms with van der Waals surface area (Å²) >= 11 is 6.16. The monoisotopic (exact) mass is 325 g/mol. The Hall–Kier alpha value is -1.88. The van der Waals surface area contributed by atoms with Crippen molar-refractivity contribution in [1.29, 1.82) is 0 Å². The maximum atomic E-state index is 11.9. The Labute approximate surface area is 134 Å². The number of carbonyl (C=O) groups is 1. The number of carbonyl (C=O) groups excluding carboxylic acids is 1. The second-order valence-electron chi connectivity index (χ2n) is 5.02. The van der Waals surface area contributed by atoms with E-state index in [4.69, 9.17) is 21.1 Å². The van der Waals surface area contributed by atoms with E-state index in [0.717, 1.165) is 6.42 Å². The molecule has 0 saturated carbocycles. The fourth-order valence-corrected chi connectivity index (χ4v) is 2.63. The number of aliphatic hydroxyl groups excluding tert-OH is 1. The van der Waals surface area contributed by atoms with Crippen LogP contribution in [0.3, 0.4) is 0 Å². The lowest BCUT2D eigenvalue weighted by Crippen LogP contribution is -2.29. The molecule has 1 aliphatic carbocycles. The van der Waals surface area contributed by atoms with Crippen molar-refractivity contribution in [3.05, 3.63) is 34.6 Å². The second-order valence-corrected chi connectivity index (χ2v) is 5.43. The number of methoxy groups -OCH3 is 1. The summed E-state index contributed by atoms with van der Waals surface area (Å²) in [6.07, 6.45) is 2.02. The van der Waals surface area contributed by atoms with Gasteiger partial charge in [0.1, 0.15) is 11.5 Å². The molecule has 0 aliphatic heterocycles. The van der Waals surface area contributed by atoms with Crippen molar-refractivity contribution in [2.24, 2.45) is 0 Å². The van der Waals surface area contributed by atoms with Gasteiger partial charge < -0.3 is 19.9 Å². The van der Waals surface area contributed by atoms with Gasteiger partial charge >= 0.3 is 5.97 Å². The van der Waals surface area contributed by atoms with Crippen molar-refractivity contribution in [2.75, 3.05) is 19.0 Å². The maximum absolute atomic E-state index is 11.9. The van der Waals surface area contributed by atoms with Crippen LogP contribution in [-0.2, 0) is 9.53 Å². The van der Waals surface area contributed by atoms with E-state index < -0.39 is 5.97 Å². The number of rotatable bonds is 5. The highest BCUT2D eigenvalue weighted by molar-refractivity contribution is 6.33. The second kappa shape index (κ2) is 7.40. The van der Waals surface area contributed by atoms with Crippen molar-refractivity contribution in [3.8, 4) is 5.75 Å². The van der Waals surface area contributed by atoms with Gasteiger partial charge in [-0.2, -0.15) is 0 Å². The van der Waals surface area contributed by atoms with Crippen molar-refractivity contribution >= 4 is 23.3 Å². The molecule has 5 nitrogen and oxygen atoms in total. The Morgan fingerprint density at radius 1 is 1.50 bits per heavy atom. The molecule has 22 heavy (non-hydrogen) atoms. The number of aliphatic hydroxyl groups is 1. The first-order valence-electron chi connectivity index (χ1n) is 7.26. The molecule has 1 unspecified atom stereocenters. The molecule has 2 N–H and O–H groups in total. The Morgan fingerprint density at radius 3 is 2.95 bits per heavy atom. The normalized spacial score (nSPS) is 18.0. The minimum absolute atomic E-state index is 0.0311. The van der Waals surface area contributed by atoms with Crippen LogP contribution < -0.4 is 10.1 Å². The third-order valence-corrected chi connectivity index (χ3v) is 3.91. The lowest BCUT2D eigenvalue weighted by Gasteiger charge is -2.26. The fraction of sp³-hybridized carbons (Fsp3) is 0.438. The van der Waals surface area contributed by atoms with E-state index in [1.54, 1.807) is 32.2 Å². The predicted molar refractivity (Wildman–Crippen MR) is 85.6 cm³/mol. The highest BCUT2D eigenvalue weighted by Crippen LogP contribution is 2.31. The van der Waals surface area contributed by atoms with Crippen LogP contribution in [0, 0.1) is 0 Å². The number of ether oxygens (including phenoxy) is 2. The molecule has 0 amide bonds. The molecule has 1 aromatic rings. The quantitative estimate of drug-likeness (QED) is 0.808. The summed E-state index contributed by atoms with van der Waals surface area (Å²) in [5, 5.41) is 14.0. The van der Waals surface area contributed by atoms with Gasteiger partial charge in [-0.25, -0.2) is 4.79 Å². The number of hydrogen-bond acceptors (Lipinski definition) is 5. The zero-order valence-corrected chi connectivity index (χ0v) is 13.4. The first kappa shape index (κ1) is 16.5. The fourth-order valence-electron chi connectivity index (χ4n) is 2.45. The third kappa shape index (κ3) is 3.65. The largest absolute Gasteiger partial charge is 0.510 e. The van der Waals surface area contributed by atoms with Gasteiger partial charge in [0.25, 0.3) is 0 Å². The van der Waals surface area contributed by atoms with E-state index >= 15 is 0 Å². The van der Waals surface area contributed by atoms with E-state index in [1.807, 2.05) is 0 Å². The van der Waals surface area contributed by atoms with Crippen LogP contribution in [-0.4, -0.2) is 30.8 Å². The predicted octanol–water partition coefficient (Wildman–Crippen LogP) is 3.69. The average Bonchev–Trinajstić information content (AvgIpc) is 2.51. The zero-order chi connectivity index (χ0) is 16.1. The smallest absolute Gasteiger partial charge is 0.337 e. The minimum Gasteiger partial charge on any atom is -0.510 e. The molecule has 0 saturated heterocycles. The first-order chi connectivity index (χ1) is 10.6. The van der Waals surface area contributed by atoms with Crippen molar-refractivity contribution in [1.82, 2.24) is 0 Å². The van der Waals surface area contributed by atoms with Gasteiger partial charge in [-0.3, -0.25) is 0 Å². The molecule has 0 spiro atoms. The van der Waals surface area contributed by atoms with Crippen LogP contribution in [0.25, 0.3) is 0 Å². The summed E-state index contributed by atoms with van der Waals surface area (Å²) in [5.41, 5.74) is 0.993. The molecular formula is C16H20ClNO4. The zero-order valence-electron chi connectivity index (χ0n) is 12.7. The molecular weight excluding hydrogens is 306 g/mol. The summed E-state index contributed by atoms with van der Waals surface area (Å²) < 4.78 is 10.1. The summed E-state index contributed by atoms with van der Waals surface area (Å²) in [4.78, 5) is 11.9. The van der Waals surface area contributed by atoms with Crippen LogP contribution in [0.1, 0.15) is 26.2 Å². The summed E-state index contributed by atoms with van der Waals surface area (Å²) in [6.45, 7) is 2.03. The Balaban J connectivity index is 2.22. The minimum atomic E-state index is -0.455. The van der Waals surface area contributed by atoms with E-state index in [-0.39, 0.29) is 18.4 Å². The lowest BCUT2D eigenvalue weighted by molar-refractivity contribution is -0.139. The average molecular weight is 326 g/mol. The molecule has 0 bridgehead atoms. The van der Waals surface area contributed by atoms with Gasteiger partial charge in [-0.15, -0.1) is 0 Å². The Morgan fingerprint density at radius 2 is 2.27 bits per heavy atom. The number of hydrogen-bond donors (Lipinski definition) is 2. The summed E-state index contributed by atoms with van der Waals surface area (Å²) in [6, 6.07) is 4.87. The summed E-state index contributed by atoms with van der Waals surface area (Å²) in [7, 11) is 1.57. The standard InChI is InChI=1S/C16H20ClNO4/c1-3-22-16(20)11-5-4-6-13(15(11)19)18-14-9-10(21-2)7-8-12(14)17/h7-9,13,18-19H,3-6H2,1-2H3. The van der Waals surface area contributed by atoms with Gasteiger partial charge in [0.15, 0.2) is 0 Å². The maximum Gasteiger partial charge on any atom is 0.337 e. The topological polar surface area (TPSA) is 67.8 Å². The Bertz CT molecular complexity index is 586. The molecule has 1 atom stereocenters. The number of halogens is 1. The van der Waals surface area contributed by atoms with E-state index in [1.165, 1.54) is 0 Å². The van der Waals surface area contributed by atoms with E-state index in [9.17, 15) is 9.90 Å². The van der Waals surface area contributed by atoms with Crippen molar-refractivity contribution < 1.29 is 19.4 Å². The lowest BCUT2D eigenvalue weighted by atomic mass is 9.93. The molecule has 0 heterocycles. The molecule has 6 heteroatoms. The SMILES string of the molecule is CCOC(=O)C1=C(O)C(Nc2cc(OC)ccc2Cl)CCC1. The van der Waals surface area contributed by atoms with Crippen LogP contribution >= 0.6 is 11.6 Å². The van der Waals surface area contributed by atoms with Crippen LogP contribution in [0.15, 0.2) is 29.5 Å². The van der Waals surface area contributed by atoms with E-state index in [2.05, 4.69) is 5.32 Å². The Kier molecular flexibility index (Phi) is 5.55. The van der Waals surface area contributed by atoms with Crippen LogP contribution in [0.5, 0.6) is 5.75 Å². The van der Waals surface area contributed by atoms with Crippen molar-refractivity contribution in [2.45, 2.75) is 32.2 Å². The number of anilines is 1. The number of nitrogens with one attached hydrogen (secondary N) is 1. The highest BCUT2D eigenvalue weighted by atomic mass is 35.5. The molecule has 120 valence electrons. The molecule has 2 rings (SSSR count). The van der Waals surface area contributed by atoms with Gasteiger partial charge in [0, 0.05) is 6.07 Å². The van der Waals surface area contributed by atoms with Crippen LogP contribution in [0.4, 0.5) is 5.69 Å².